The van der Waals surface area contributed by atoms with E-state index in [-0.39, 0.29) is 0 Å². The standard InChI is InChI=1S/C30H28N6O2/c1-29(2,3)34-28(37)38-22-12-20(14-32-15-22)19-8-11-24-23(13-19)26-25(16-33-24)35-36-27(26)18-6-9-21(10-7-18)30(4,5)17-31/h6-16H,1-5H3,(H,34,37)(H,35,36). The highest BCUT2D eigenvalue weighted by Gasteiger charge is 2.20. The fourth-order valence-electron chi connectivity index (χ4n) is 4.27. The molecule has 2 aromatic carbocycles. The summed E-state index contributed by atoms with van der Waals surface area (Å²) in [5, 5.41) is 21.8. The maximum Gasteiger partial charge on any atom is 0.413 e. The van der Waals surface area contributed by atoms with Crippen LogP contribution in [0.25, 0.3) is 44.2 Å². The molecule has 0 radical (unpaired) electrons. The second kappa shape index (κ2) is 9.27. The molecule has 0 spiro atoms. The van der Waals surface area contributed by atoms with E-state index in [0.29, 0.717) is 5.75 Å². The Morgan fingerprint density at radius 2 is 1.68 bits per heavy atom. The second-order valence-electron chi connectivity index (χ2n) is 10.8. The number of amides is 1. The Morgan fingerprint density at radius 1 is 0.947 bits per heavy atom. The SMILES string of the molecule is CC(C)(C)NC(=O)Oc1cncc(-c2ccc3ncc4[nH]nc(-c5ccc(C(C)(C)C#N)cc5)c4c3c2)c1. The minimum Gasteiger partial charge on any atom is -0.409 e. The smallest absolute Gasteiger partial charge is 0.409 e. The molecule has 0 aliphatic rings. The minimum absolute atomic E-state index is 0.352. The number of nitrogens with one attached hydrogen (secondary N) is 2. The molecule has 3 heterocycles. The highest BCUT2D eigenvalue weighted by molar-refractivity contribution is 6.11. The number of nitriles is 1. The van der Waals surface area contributed by atoms with Crippen molar-refractivity contribution >= 4 is 27.9 Å². The Kier molecular flexibility index (Phi) is 6.08. The van der Waals surface area contributed by atoms with E-state index < -0.39 is 17.0 Å². The topological polar surface area (TPSA) is 117 Å². The van der Waals surface area contributed by atoms with Gasteiger partial charge in [0.15, 0.2) is 5.75 Å². The van der Waals surface area contributed by atoms with E-state index in [9.17, 15) is 10.1 Å². The molecule has 3 aromatic heterocycles. The third kappa shape index (κ3) is 4.91. The number of benzene rings is 2. The molecule has 5 aromatic rings. The lowest BCUT2D eigenvalue weighted by atomic mass is 9.86. The number of pyridine rings is 2. The van der Waals surface area contributed by atoms with Crippen LogP contribution < -0.4 is 10.1 Å². The molecular formula is C30H28N6O2. The van der Waals surface area contributed by atoms with Crippen LogP contribution in [-0.4, -0.2) is 31.8 Å². The van der Waals surface area contributed by atoms with Crippen molar-refractivity contribution in [2.75, 3.05) is 0 Å². The summed E-state index contributed by atoms with van der Waals surface area (Å²) in [5.41, 5.74) is 5.07. The number of carbonyl (C=O) groups excluding carboxylic acids is 1. The van der Waals surface area contributed by atoms with Gasteiger partial charge in [-0.25, -0.2) is 4.79 Å². The highest BCUT2D eigenvalue weighted by Crippen LogP contribution is 2.35. The number of fused-ring (bicyclic) bond motifs is 3. The molecule has 0 aliphatic carbocycles. The lowest BCUT2D eigenvalue weighted by Crippen LogP contribution is -2.42. The van der Waals surface area contributed by atoms with E-state index in [1.54, 1.807) is 18.5 Å². The van der Waals surface area contributed by atoms with Gasteiger partial charge in [-0.2, -0.15) is 10.4 Å². The summed E-state index contributed by atoms with van der Waals surface area (Å²) in [6, 6.07) is 18.0. The fraction of sp³-hybridized carbons (Fsp3) is 0.233. The van der Waals surface area contributed by atoms with E-state index in [1.165, 1.54) is 6.20 Å². The summed E-state index contributed by atoms with van der Waals surface area (Å²) in [6.45, 7) is 9.46. The zero-order chi connectivity index (χ0) is 27.1. The molecule has 0 aliphatic heterocycles. The van der Waals surface area contributed by atoms with Crippen molar-refractivity contribution in [1.82, 2.24) is 25.5 Å². The maximum atomic E-state index is 12.2. The zero-order valence-corrected chi connectivity index (χ0v) is 22.0. The largest absolute Gasteiger partial charge is 0.413 e. The van der Waals surface area contributed by atoms with Gasteiger partial charge >= 0.3 is 6.09 Å². The first-order valence-corrected chi connectivity index (χ1v) is 12.3. The van der Waals surface area contributed by atoms with Crippen LogP contribution in [0.15, 0.2) is 67.1 Å². The van der Waals surface area contributed by atoms with Gasteiger partial charge < -0.3 is 10.1 Å². The zero-order valence-electron chi connectivity index (χ0n) is 22.0. The Bertz CT molecular complexity index is 1710. The van der Waals surface area contributed by atoms with Crippen molar-refractivity contribution < 1.29 is 9.53 Å². The number of nitrogens with zero attached hydrogens (tertiary/aromatic N) is 4. The number of H-pyrrole nitrogens is 1. The van der Waals surface area contributed by atoms with Crippen LogP contribution in [0.5, 0.6) is 5.75 Å². The van der Waals surface area contributed by atoms with Gasteiger partial charge in [0.1, 0.15) is 5.69 Å². The second-order valence-corrected chi connectivity index (χ2v) is 10.8. The van der Waals surface area contributed by atoms with Crippen LogP contribution in [0.4, 0.5) is 4.79 Å². The molecule has 0 saturated carbocycles. The molecular weight excluding hydrogens is 476 g/mol. The number of carbonyl (C=O) groups is 1. The summed E-state index contributed by atoms with van der Waals surface area (Å²) in [4.78, 5) is 21.1. The Labute approximate surface area is 220 Å². The molecule has 5 rings (SSSR count). The molecule has 0 bridgehead atoms. The quantitative estimate of drug-likeness (QED) is 0.287. The first kappa shape index (κ1) is 24.9. The van der Waals surface area contributed by atoms with Gasteiger partial charge in [-0.05, 0) is 63.9 Å². The molecule has 0 unspecified atom stereocenters. The molecule has 190 valence electrons. The molecule has 0 fully saturated rings. The van der Waals surface area contributed by atoms with Crippen molar-refractivity contribution in [3.05, 3.63) is 72.7 Å². The molecule has 0 saturated heterocycles. The Balaban J connectivity index is 1.55. The molecule has 1 amide bonds. The summed E-state index contributed by atoms with van der Waals surface area (Å²) in [5.74, 6) is 0.352. The van der Waals surface area contributed by atoms with Crippen LogP contribution in [0.1, 0.15) is 40.2 Å². The van der Waals surface area contributed by atoms with Gasteiger partial charge in [-0.1, -0.05) is 30.3 Å². The van der Waals surface area contributed by atoms with Crippen molar-refractivity contribution in [1.29, 1.82) is 5.26 Å². The number of hydrogen-bond donors (Lipinski definition) is 2. The first-order chi connectivity index (χ1) is 18.0. The van der Waals surface area contributed by atoms with Crippen molar-refractivity contribution in [3.63, 3.8) is 0 Å². The summed E-state index contributed by atoms with van der Waals surface area (Å²) in [7, 11) is 0. The number of rotatable bonds is 4. The van der Waals surface area contributed by atoms with Crippen LogP contribution in [0.3, 0.4) is 0 Å². The molecule has 8 heteroatoms. The predicted molar refractivity (Wildman–Crippen MR) is 148 cm³/mol. The average molecular weight is 505 g/mol. The molecule has 8 nitrogen and oxygen atoms in total. The van der Waals surface area contributed by atoms with Crippen LogP contribution in [0, 0.1) is 11.3 Å². The third-order valence-corrected chi connectivity index (χ3v) is 6.29. The van der Waals surface area contributed by atoms with Gasteiger partial charge in [0.25, 0.3) is 0 Å². The summed E-state index contributed by atoms with van der Waals surface area (Å²) >= 11 is 0. The van der Waals surface area contributed by atoms with Crippen molar-refractivity contribution in [2.45, 2.75) is 45.6 Å². The van der Waals surface area contributed by atoms with E-state index in [1.807, 2.05) is 77.1 Å². The van der Waals surface area contributed by atoms with Gasteiger partial charge in [-0.3, -0.25) is 15.1 Å². The normalized spacial score (nSPS) is 11.9. The van der Waals surface area contributed by atoms with E-state index in [0.717, 1.165) is 49.8 Å². The van der Waals surface area contributed by atoms with Gasteiger partial charge in [-0.15, -0.1) is 0 Å². The number of aromatic nitrogens is 4. The number of ether oxygens (including phenoxy) is 1. The monoisotopic (exact) mass is 504 g/mol. The highest BCUT2D eigenvalue weighted by atomic mass is 16.6. The first-order valence-electron chi connectivity index (χ1n) is 12.3. The van der Waals surface area contributed by atoms with Crippen molar-refractivity contribution in [2.24, 2.45) is 0 Å². The Morgan fingerprint density at radius 3 is 2.39 bits per heavy atom. The number of hydrogen-bond acceptors (Lipinski definition) is 6. The number of aromatic amines is 1. The lowest BCUT2D eigenvalue weighted by molar-refractivity contribution is 0.190. The van der Waals surface area contributed by atoms with Crippen LogP contribution >= 0.6 is 0 Å². The van der Waals surface area contributed by atoms with Crippen LogP contribution in [0.2, 0.25) is 0 Å². The summed E-state index contributed by atoms with van der Waals surface area (Å²) < 4.78 is 5.46. The van der Waals surface area contributed by atoms with Gasteiger partial charge in [0.2, 0.25) is 0 Å². The van der Waals surface area contributed by atoms with E-state index in [2.05, 4.69) is 31.6 Å². The minimum atomic E-state index is -0.572. The van der Waals surface area contributed by atoms with Gasteiger partial charge in [0.05, 0.1) is 34.9 Å². The van der Waals surface area contributed by atoms with Gasteiger partial charge in [0, 0.05) is 33.6 Å². The molecule has 38 heavy (non-hydrogen) atoms. The summed E-state index contributed by atoms with van der Waals surface area (Å²) in [6.07, 6.45) is 4.49. The molecule has 2 N–H and O–H groups in total. The van der Waals surface area contributed by atoms with E-state index >= 15 is 0 Å². The third-order valence-electron chi connectivity index (χ3n) is 6.29. The van der Waals surface area contributed by atoms with Crippen molar-refractivity contribution in [3.8, 4) is 34.2 Å². The van der Waals surface area contributed by atoms with E-state index in [4.69, 9.17) is 4.74 Å². The predicted octanol–water partition coefficient (Wildman–Crippen LogP) is 6.53. The fourth-order valence-corrected chi connectivity index (χ4v) is 4.27. The maximum absolute atomic E-state index is 12.2. The van der Waals surface area contributed by atoms with Crippen LogP contribution in [-0.2, 0) is 5.41 Å². The average Bonchev–Trinajstić information content (AvgIpc) is 3.32. The Hall–Kier alpha value is -4.77. The molecule has 0 atom stereocenters. The lowest BCUT2D eigenvalue weighted by Gasteiger charge is -2.19.